The molecular weight excluding hydrogens is 158 g/mol. The van der Waals surface area contributed by atoms with Crippen molar-refractivity contribution in [3.63, 3.8) is 0 Å². The lowest BCUT2D eigenvalue weighted by atomic mass is 10.1. The highest BCUT2D eigenvalue weighted by Gasteiger charge is 2.16. The van der Waals surface area contributed by atoms with Crippen LogP contribution in [0.2, 0.25) is 0 Å². The van der Waals surface area contributed by atoms with Gasteiger partial charge in [0.25, 0.3) is 0 Å². The molecule has 0 fully saturated rings. The molecule has 0 aromatic carbocycles. The first kappa shape index (κ1) is 11.0. The molecule has 0 amide bonds. The maximum Gasteiger partial charge on any atom is 0.162 e. The Bertz CT molecular complexity index is 134. The van der Waals surface area contributed by atoms with Gasteiger partial charge in [-0.25, -0.2) is 0 Å². The molecule has 0 saturated heterocycles. The fourth-order valence-corrected chi connectivity index (χ4v) is 1.31. The Morgan fingerprint density at radius 2 is 1.73 bits per heavy atom. The standard InChI is InChI=1S/C8H17NOS/c1-5(2)7(10)8(11)9-6(3)4/h5-6,8-9,11H,1-4H3. The van der Waals surface area contributed by atoms with E-state index in [2.05, 4.69) is 17.9 Å². The minimum absolute atomic E-state index is 0.0590. The Labute approximate surface area is 74.2 Å². The van der Waals surface area contributed by atoms with E-state index >= 15 is 0 Å². The normalized spacial score (nSPS) is 14.1. The Kier molecular flexibility index (Phi) is 4.77. The summed E-state index contributed by atoms with van der Waals surface area (Å²) < 4.78 is 0. The molecule has 0 aliphatic heterocycles. The van der Waals surface area contributed by atoms with E-state index in [1.165, 1.54) is 0 Å². The van der Waals surface area contributed by atoms with Crippen LogP contribution in [-0.4, -0.2) is 17.2 Å². The zero-order valence-corrected chi connectivity index (χ0v) is 8.48. The van der Waals surface area contributed by atoms with Crippen LogP contribution >= 0.6 is 12.6 Å². The average Bonchev–Trinajstić information content (AvgIpc) is 1.84. The molecule has 0 rings (SSSR count). The van der Waals surface area contributed by atoms with E-state index in [4.69, 9.17) is 0 Å². The van der Waals surface area contributed by atoms with Gasteiger partial charge >= 0.3 is 0 Å². The van der Waals surface area contributed by atoms with Gasteiger partial charge in [-0.05, 0) is 13.8 Å². The number of carbonyl (C=O) groups excluding carboxylic acids is 1. The molecule has 2 nitrogen and oxygen atoms in total. The average molecular weight is 175 g/mol. The van der Waals surface area contributed by atoms with Crippen LogP contribution < -0.4 is 5.32 Å². The van der Waals surface area contributed by atoms with Crippen LogP contribution in [0.25, 0.3) is 0 Å². The quantitative estimate of drug-likeness (QED) is 0.500. The van der Waals surface area contributed by atoms with Crippen LogP contribution in [0, 0.1) is 5.92 Å². The second kappa shape index (κ2) is 4.78. The smallest absolute Gasteiger partial charge is 0.162 e. The SMILES string of the molecule is CC(C)NC(S)C(=O)C(C)C. The number of thiol groups is 1. The van der Waals surface area contributed by atoms with Gasteiger partial charge in [-0.1, -0.05) is 13.8 Å². The molecule has 1 N–H and O–H groups in total. The summed E-state index contributed by atoms with van der Waals surface area (Å²) in [7, 11) is 0. The summed E-state index contributed by atoms with van der Waals surface area (Å²) in [5, 5.41) is 2.73. The second-order valence-electron chi connectivity index (χ2n) is 3.28. The Morgan fingerprint density at radius 1 is 1.27 bits per heavy atom. The van der Waals surface area contributed by atoms with Crippen molar-refractivity contribution in [2.24, 2.45) is 5.92 Å². The predicted molar refractivity (Wildman–Crippen MR) is 50.9 cm³/mol. The lowest BCUT2D eigenvalue weighted by Crippen LogP contribution is -2.38. The van der Waals surface area contributed by atoms with Gasteiger partial charge in [0.1, 0.15) is 5.37 Å². The highest BCUT2D eigenvalue weighted by molar-refractivity contribution is 7.81. The van der Waals surface area contributed by atoms with E-state index in [1.807, 2.05) is 27.7 Å². The molecule has 0 spiro atoms. The molecule has 0 bridgehead atoms. The monoisotopic (exact) mass is 175 g/mol. The van der Waals surface area contributed by atoms with Crippen LogP contribution in [0.1, 0.15) is 27.7 Å². The Balaban J connectivity index is 3.83. The van der Waals surface area contributed by atoms with E-state index in [9.17, 15) is 4.79 Å². The second-order valence-corrected chi connectivity index (χ2v) is 3.80. The number of rotatable bonds is 4. The van der Waals surface area contributed by atoms with Crippen molar-refractivity contribution in [1.29, 1.82) is 0 Å². The third kappa shape index (κ3) is 4.43. The summed E-state index contributed by atoms with van der Waals surface area (Å²) >= 11 is 4.14. The first-order valence-electron chi connectivity index (χ1n) is 3.93. The first-order chi connectivity index (χ1) is 4.95. The van der Waals surface area contributed by atoms with Gasteiger partial charge in [-0.15, -0.1) is 0 Å². The lowest BCUT2D eigenvalue weighted by Gasteiger charge is -2.16. The topological polar surface area (TPSA) is 29.1 Å². The van der Waals surface area contributed by atoms with Crippen molar-refractivity contribution in [2.45, 2.75) is 39.1 Å². The molecular formula is C8H17NOS. The molecule has 11 heavy (non-hydrogen) atoms. The van der Waals surface area contributed by atoms with Crippen LogP contribution in [-0.2, 0) is 4.79 Å². The maximum atomic E-state index is 11.2. The summed E-state index contributed by atoms with van der Waals surface area (Å²) in [4.78, 5) is 11.2. The van der Waals surface area contributed by atoms with Gasteiger partial charge < -0.3 is 0 Å². The number of Topliss-reactive ketones (excluding diaryl/α,β-unsaturated/α-hetero) is 1. The van der Waals surface area contributed by atoms with Gasteiger partial charge in [0.2, 0.25) is 0 Å². The summed E-state index contributed by atoms with van der Waals surface area (Å²) in [6.07, 6.45) is 0. The van der Waals surface area contributed by atoms with Crippen molar-refractivity contribution in [3.8, 4) is 0 Å². The van der Waals surface area contributed by atoms with E-state index in [0.717, 1.165) is 0 Å². The number of hydrogen-bond donors (Lipinski definition) is 2. The minimum atomic E-state index is -0.310. The van der Waals surface area contributed by atoms with Gasteiger partial charge in [0.15, 0.2) is 5.78 Å². The highest BCUT2D eigenvalue weighted by Crippen LogP contribution is 2.03. The highest BCUT2D eigenvalue weighted by atomic mass is 32.1. The molecule has 0 aliphatic rings. The number of carbonyl (C=O) groups is 1. The molecule has 0 aromatic heterocycles. The zero-order valence-electron chi connectivity index (χ0n) is 7.59. The Morgan fingerprint density at radius 3 is 2.00 bits per heavy atom. The van der Waals surface area contributed by atoms with E-state index < -0.39 is 0 Å². The van der Waals surface area contributed by atoms with Crippen LogP contribution in [0.4, 0.5) is 0 Å². The zero-order chi connectivity index (χ0) is 9.02. The first-order valence-corrected chi connectivity index (χ1v) is 4.44. The molecule has 66 valence electrons. The third-order valence-corrected chi connectivity index (χ3v) is 1.73. The molecule has 0 radical (unpaired) electrons. The van der Waals surface area contributed by atoms with Crippen molar-refractivity contribution in [2.75, 3.05) is 0 Å². The third-order valence-electron chi connectivity index (χ3n) is 1.33. The van der Waals surface area contributed by atoms with Crippen LogP contribution in [0.15, 0.2) is 0 Å². The van der Waals surface area contributed by atoms with Gasteiger partial charge in [0.05, 0.1) is 0 Å². The van der Waals surface area contributed by atoms with Gasteiger partial charge in [-0.3, -0.25) is 10.1 Å². The molecule has 1 unspecified atom stereocenters. The summed E-state index contributed by atoms with van der Waals surface area (Å²) in [5.41, 5.74) is 0. The molecule has 0 heterocycles. The fraction of sp³-hybridized carbons (Fsp3) is 0.875. The van der Waals surface area contributed by atoms with E-state index in [0.29, 0.717) is 6.04 Å². The van der Waals surface area contributed by atoms with Crippen LogP contribution in [0.3, 0.4) is 0 Å². The molecule has 0 saturated carbocycles. The number of nitrogens with one attached hydrogen (secondary N) is 1. The van der Waals surface area contributed by atoms with Gasteiger partial charge in [-0.2, -0.15) is 12.6 Å². The maximum absolute atomic E-state index is 11.2. The summed E-state index contributed by atoms with van der Waals surface area (Å²) in [5.74, 6) is 0.214. The lowest BCUT2D eigenvalue weighted by molar-refractivity contribution is -0.121. The largest absolute Gasteiger partial charge is 0.297 e. The predicted octanol–water partition coefficient (Wildman–Crippen LogP) is 1.47. The summed E-state index contributed by atoms with van der Waals surface area (Å²) in [6, 6.07) is 0.306. The molecule has 0 aromatic rings. The van der Waals surface area contributed by atoms with Crippen molar-refractivity contribution < 1.29 is 4.79 Å². The van der Waals surface area contributed by atoms with Crippen molar-refractivity contribution in [1.82, 2.24) is 5.32 Å². The number of ketones is 1. The Hall–Kier alpha value is -0.0200. The van der Waals surface area contributed by atoms with E-state index in [-0.39, 0.29) is 17.1 Å². The van der Waals surface area contributed by atoms with Crippen molar-refractivity contribution >= 4 is 18.4 Å². The van der Waals surface area contributed by atoms with E-state index in [1.54, 1.807) is 0 Å². The minimum Gasteiger partial charge on any atom is -0.297 e. The number of hydrogen-bond acceptors (Lipinski definition) is 3. The van der Waals surface area contributed by atoms with Crippen LogP contribution in [0.5, 0.6) is 0 Å². The fourth-order valence-electron chi connectivity index (χ4n) is 0.714. The summed E-state index contributed by atoms with van der Waals surface area (Å²) in [6.45, 7) is 7.76. The molecule has 0 aliphatic carbocycles. The van der Waals surface area contributed by atoms with Crippen molar-refractivity contribution in [3.05, 3.63) is 0 Å². The molecule has 1 atom stereocenters. The van der Waals surface area contributed by atoms with Gasteiger partial charge in [0, 0.05) is 12.0 Å². The molecule has 3 heteroatoms.